The Kier molecular flexibility index (Phi) is 45.4. The van der Waals surface area contributed by atoms with Gasteiger partial charge in [-0.2, -0.15) is 0 Å². The van der Waals surface area contributed by atoms with E-state index in [0.717, 1.165) is 84.0 Å². The van der Waals surface area contributed by atoms with Gasteiger partial charge in [-0.05, 0) is 232 Å². The van der Waals surface area contributed by atoms with Gasteiger partial charge in [0.25, 0.3) is 0 Å². The zero-order chi connectivity index (χ0) is 83.4. The zero-order valence-electron chi connectivity index (χ0n) is 68.4. The molecule has 0 bridgehead atoms. The third-order valence-corrected chi connectivity index (χ3v) is 15.9. The number of rotatable bonds is 19. The van der Waals surface area contributed by atoms with Crippen molar-refractivity contribution >= 4 is 94.8 Å². The lowest BCUT2D eigenvalue weighted by atomic mass is 10.0. The predicted octanol–water partition coefficient (Wildman–Crippen LogP) is 12.8. The van der Waals surface area contributed by atoms with Gasteiger partial charge in [0.1, 0.15) is 52.1 Å². The van der Waals surface area contributed by atoms with Crippen LogP contribution in [-0.2, 0) is 102 Å². The molecule has 10 rings (SSSR count). The molecular weight excluding hydrogens is 1450 g/mol. The number of aldehydes is 2. The average molecular weight is 1570 g/mol. The van der Waals surface area contributed by atoms with E-state index in [1.54, 1.807) is 86.2 Å². The van der Waals surface area contributed by atoms with E-state index in [2.05, 4.69) is 50.3 Å². The van der Waals surface area contributed by atoms with Crippen molar-refractivity contribution in [1.82, 2.24) is 45.6 Å². The Balaban J connectivity index is 0.000000459. The number of anilines is 4. The van der Waals surface area contributed by atoms with Crippen LogP contribution in [0.25, 0.3) is 11.0 Å². The van der Waals surface area contributed by atoms with Gasteiger partial charge in [0.2, 0.25) is 5.91 Å². The number of ketones is 1. The lowest BCUT2D eigenvalue weighted by Crippen LogP contribution is -2.40. The monoisotopic (exact) mass is 1570 g/mol. The van der Waals surface area contributed by atoms with Crippen molar-refractivity contribution < 1.29 is 81.6 Å². The summed E-state index contributed by atoms with van der Waals surface area (Å²) in [5, 5.41) is 13.0. The molecule has 1 fully saturated rings. The number of carbonyl (C=O) groups excluding carboxylic acids is 9. The quantitative estimate of drug-likeness (QED) is 0.0253. The van der Waals surface area contributed by atoms with Crippen molar-refractivity contribution in [1.29, 1.82) is 0 Å². The minimum absolute atomic E-state index is 0. The molecule has 0 atom stereocenters. The van der Waals surface area contributed by atoms with Gasteiger partial charge in [0.15, 0.2) is 11.9 Å². The SMILES string of the molecule is C.C1CCNC1.CC(C)(C)OC(=O)N1CCCc2ccc(CCC(=O)O)nc21.CC(C)(C)OC(=O)N1CCCc2ccc(CCC=O)nc21.CCOC(=O)CCC(C)=O.CCOC(=O)CCc1ccc2cccnc2n1.CN(C)C(=O)CCc1ccc2c(n1)N(C(=O)OC(C)(C)C)CCC2.CNOC.Nc1ncccc1C=O. The summed E-state index contributed by atoms with van der Waals surface area (Å²) in [5.41, 5.74) is 13.6. The number of Topliss-reactive ketones (excluding diaryl/α,β-unsaturated/α-hetero) is 1. The number of hydroxylamine groups is 1. The molecule has 30 nitrogen and oxygen atoms in total. The summed E-state index contributed by atoms with van der Waals surface area (Å²) in [6.07, 6.45) is 15.6. The fourth-order valence-electron chi connectivity index (χ4n) is 10.5. The molecule has 10 heterocycles. The molecule has 0 aliphatic carbocycles. The van der Waals surface area contributed by atoms with Crippen LogP contribution in [0.1, 0.15) is 211 Å². The zero-order valence-corrected chi connectivity index (χ0v) is 68.4. The molecule has 30 heteroatoms. The maximum atomic E-state index is 12.4. The number of carbonyl (C=O) groups is 10. The van der Waals surface area contributed by atoms with Gasteiger partial charge in [-0.1, -0.05) is 25.6 Å². The summed E-state index contributed by atoms with van der Waals surface area (Å²) >= 11 is 0. The third kappa shape index (κ3) is 40.0. The lowest BCUT2D eigenvalue weighted by molar-refractivity contribution is -0.144. The first kappa shape index (κ1) is 98.6. The van der Waals surface area contributed by atoms with E-state index < -0.39 is 28.9 Å². The van der Waals surface area contributed by atoms with Crippen LogP contribution in [0, 0.1) is 0 Å². The van der Waals surface area contributed by atoms with Gasteiger partial charge < -0.3 is 59.2 Å². The molecule has 1 saturated heterocycles. The number of aliphatic carboxylic acids is 1. The summed E-state index contributed by atoms with van der Waals surface area (Å²) in [4.78, 5) is 149. The molecule has 4 amide bonds. The number of amides is 4. The van der Waals surface area contributed by atoms with Gasteiger partial charge >= 0.3 is 36.2 Å². The van der Waals surface area contributed by atoms with Gasteiger partial charge in [0, 0.05) is 113 Å². The van der Waals surface area contributed by atoms with Crippen molar-refractivity contribution in [2.45, 2.75) is 223 Å². The lowest BCUT2D eigenvalue weighted by Gasteiger charge is -2.31. The van der Waals surface area contributed by atoms with Crippen LogP contribution in [0.15, 0.2) is 85.2 Å². The molecule has 0 spiro atoms. The summed E-state index contributed by atoms with van der Waals surface area (Å²) < 4.78 is 25.8. The fraction of sp³-hybridized carbons (Fsp3) is 0.542. The normalized spacial score (nSPS) is 12.9. The van der Waals surface area contributed by atoms with E-state index in [-0.39, 0.29) is 61.9 Å². The largest absolute Gasteiger partial charge is 0.481 e. The Bertz CT molecular complexity index is 3950. The highest BCUT2D eigenvalue weighted by Crippen LogP contribution is 2.31. The van der Waals surface area contributed by atoms with Crippen molar-refractivity contribution in [3.05, 3.63) is 130 Å². The Morgan fingerprint density at radius 3 is 1.34 bits per heavy atom. The van der Waals surface area contributed by atoms with Crippen molar-refractivity contribution in [2.75, 3.05) is 94.6 Å². The second kappa shape index (κ2) is 52.0. The van der Waals surface area contributed by atoms with Crippen molar-refractivity contribution in [2.24, 2.45) is 0 Å². The van der Waals surface area contributed by atoms with Gasteiger partial charge in [-0.25, -0.2) is 49.8 Å². The van der Waals surface area contributed by atoms with E-state index in [9.17, 15) is 47.9 Å². The van der Waals surface area contributed by atoms with Crippen LogP contribution < -0.4 is 31.2 Å². The number of aryl methyl sites for hydroxylation is 7. The summed E-state index contributed by atoms with van der Waals surface area (Å²) in [7, 11) is 6.76. The number of pyridine rings is 6. The average Bonchev–Trinajstić information content (AvgIpc) is 1.44. The molecular formula is C83H123N13O17. The summed E-state index contributed by atoms with van der Waals surface area (Å²) in [6, 6.07) is 22.7. The van der Waals surface area contributed by atoms with Crippen LogP contribution in [0.2, 0.25) is 0 Å². The third-order valence-electron chi connectivity index (χ3n) is 15.9. The van der Waals surface area contributed by atoms with Gasteiger partial charge in [-0.3, -0.25) is 38.7 Å². The van der Waals surface area contributed by atoms with Crippen molar-refractivity contribution in [3.8, 4) is 0 Å². The summed E-state index contributed by atoms with van der Waals surface area (Å²) in [5.74, 6) is 0.989. The predicted molar refractivity (Wildman–Crippen MR) is 436 cm³/mol. The highest BCUT2D eigenvalue weighted by molar-refractivity contribution is 5.90. The number of nitrogens with zero attached hydrogens (tertiary/aromatic N) is 10. The Labute approximate surface area is 666 Å². The molecule has 4 aliphatic rings. The molecule has 4 aliphatic heterocycles. The number of aromatic nitrogens is 6. The molecule has 6 aromatic rings. The number of esters is 2. The molecule has 113 heavy (non-hydrogen) atoms. The number of nitrogens with two attached hydrogens (primary N) is 1. The van der Waals surface area contributed by atoms with Crippen LogP contribution >= 0.6 is 0 Å². The van der Waals surface area contributed by atoms with Crippen LogP contribution in [0.3, 0.4) is 0 Å². The van der Waals surface area contributed by atoms with Crippen LogP contribution in [0.4, 0.5) is 37.7 Å². The Hall–Kier alpha value is -10.5. The highest BCUT2D eigenvalue weighted by atomic mass is 16.6. The topological polar surface area (TPSA) is 387 Å². The van der Waals surface area contributed by atoms with Crippen LogP contribution in [0.5, 0.6) is 0 Å². The summed E-state index contributed by atoms with van der Waals surface area (Å²) in [6.45, 7) is 26.7. The molecule has 0 saturated carbocycles. The minimum Gasteiger partial charge on any atom is -0.481 e. The first-order chi connectivity index (χ1) is 53.0. The smallest absolute Gasteiger partial charge is 0.416 e. The maximum Gasteiger partial charge on any atom is 0.416 e. The molecule has 0 radical (unpaired) electrons. The second-order valence-corrected chi connectivity index (χ2v) is 29.1. The second-order valence-electron chi connectivity index (χ2n) is 29.1. The Morgan fingerprint density at radius 1 is 0.558 bits per heavy atom. The number of nitrogens with one attached hydrogen (secondary N) is 2. The molecule has 6 aromatic heterocycles. The van der Waals surface area contributed by atoms with E-state index in [0.29, 0.717) is 125 Å². The first-order valence-corrected chi connectivity index (χ1v) is 38.0. The molecule has 0 unspecified atom stereocenters. The van der Waals surface area contributed by atoms with E-state index in [4.69, 9.17) is 29.8 Å². The number of hydrogen-bond donors (Lipinski definition) is 4. The number of nitrogen functional groups attached to an aromatic ring is 1. The molecule has 5 N–H and O–H groups in total. The number of fused-ring (bicyclic) bond motifs is 4. The van der Waals surface area contributed by atoms with E-state index >= 15 is 0 Å². The Morgan fingerprint density at radius 2 is 0.965 bits per heavy atom. The van der Waals surface area contributed by atoms with Crippen molar-refractivity contribution in [3.63, 3.8) is 0 Å². The minimum atomic E-state index is -0.858. The molecule has 0 aromatic carbocycles. The standard InChI is InChI=1S/C18H27N3O3.C16H22N2O4.C16H22N2O3.C13H14N2O2.C7H12O3.C6H6N2O.C4H9N.C2H7NO.CH4/c1-18(2,3)24-17(23)21-12-6-7-13-8-9-14(19-16(13)21)10-11-15(22)20(4)5;1-16(2,3)22-15(21)18-10-4-5-11-6-7-12(17-14(11)18)8-9-13(19)20;1-16(2,3)21-15(20)18-10-4-6-12-8-9-13(7-5-11-19)17-14(12)18;1-2-17-12(16)8-7-11-6-5-10-4-3-9-14-13(10)15-11;1-3-10-7(9)5-4-6(2)8;7-6-5(4-9)2-1-3-8-6;1-2-4-5-3-1;1-3-4-2;/h8-9H,6-7,10-12H2,1-5H3;6-7H,4-5,8-10H2,1-3H3,(H,19,20);8-9,11H,4-7,10H2,1-3H3;3-6,9H,2,7-8H2,1H3;3-5H2,1-2H3;1-4H,(H2,7,8);5H,1-4H2;3H,1-2H3;1H4. The maximum absolute atomic E-state index is 12.4. The van der Waals surface area contributed by atoms with Gasteiger partial charge in [0.05, 0.1) is 45.1 Å². The van der Waals surface area contributed by atoms with E-state index in [1.807, 2.05) is 123 Å². The fourth-order valence-corrected chi connectivity index (χ4v) is 10.5. The molecule has 622 valence electrons. The number of carboxylic acid groups (broad SMARTS) is 1. The number of hydrogen-bond acceptors (Lipinski definition) is 25. The van der Waals surface area contributed by atoms with Gasteiger partial charge in [-0.15, -0.1) is 0 Å². The van der Waals surface area contributed by atoms with Crippen LogP contribution in [-0.4, -0.2) is 191 Å². The number of ether oxygens (including phenoxy) is 5. The first-order valence-electron chi connectivity index (χ1n) is 38.0. The number of carboxylic acids is 1. The van der Waals surface area contributed by atoms with E-state index in [1.165, 1.54) is 32.9 Å². The highest BCUT2D eigenvalue weighted by Gasteiger charge is 2.32.